The summed E-state index contributed by atoms with van der Waals surface area (Å²) >= 11 is 14.2. The molecule has 0 aliphatic heterocycles. The van der Waals surface area contributed by atoms with E-state index in [0.717, 1.165) is 27.1 Å². The van der Waals surface area contributed by atoms with Crippen molar-refractivity contribution < 1.29 is 4.79 Å². The van der Waals surface area contributed by atoms with Crippen LogP contribution in [-0.2, 0) is 17.9 Å². The van der Waals surface area contributed by atoms with E-state index in [1.165, 1.54) is 0 Å². The Hall–Kier alpha value is -3.20. The lowest BCUT2D eigenvalue weighted by Crippen LogP contribution is -2.20. The van der Waals surface area contributed by atoms with Crippen molar-refractivity contribution in [3.8, 4) is 10.4 Å². The third-order valence-electron chi connectivity index (χ3n) is 5.15. The van der Waals surface area contributed by atoms with Crippen molar-refractivity contribution in [2.45, 2.75) is 20.0 Å². The van der Waals surface area contributed by atoms with Gasteiger partial charge in [-0.15, -0.1) is 11.3 Å². The van der Waals surface area contributed by atoms with Crippen molar-refractivity contribution in [1.82, 2.24) is 24.5 Å². The van der Waals surface area contributed by atoms with E-state index in [0.29, 0.717) is 22.2 Å². The highest BCUT2D eigenvalue weighted by atomic mass is 35.5. The Bertz CT molecular complexity index is 1460. The monoisotopic (exact) mass is 496 g/mol. The van der Waals surface area contributed by atoms with Crippen molar-refractivity contribution in [2.75, 3.05) is 5.32 Å². The first-order valence-electron chi connectivity index (χ1n) is 10.1. The largest absolute Gasteiger partial charge is 0.306 e. The maximum absolute atomic E-state index is 12.8. The molecule has 1 N–H and O–H groups in total. The van der Waals surface area contributed by atoms with Crippen LogP contribution in [0.2, 0.25) is 10.0 Å². The summed E-state index contributed by atoms with van der Waals surface area (Å²) in [6, 6.07) is 13.5. The minimum Gasteiger partial charge on any atom is -0.306 e. The highest BCUT2D eigenvalue weighted by Gasteiger charge is 2.18. The minimum atomic E-state index is -0.298. The number of thiophene rings is 1. The molecule has 33 heavy (non-hydrogen) atoms. The number of hydrogen-bond donors (Lipinski definition) is 1. The Kier molecular flexibility index (Phi) is 5.88. The van der Waals surface area contributed by atoms with Crippen molar-refractivity contribution >= 4 is 57.3 Å². The zero-order valence-electron chi connectivity index (χ0n) is 17.5. The van der Waals surface area contributed by atoms with Crippen LogP contribution in [0.5, 0.6) is 0 Å². The third-order valence-corrected chi connectivity index (χ3v) is 6.70. The van der Waals surface area contributed by atoms with Gasteiger partial charge in [-0.3, -0.25) is 9.48 Å². The quantitative estimate of drug-likeness (QED) is 0.329. The van der Waals surface area contributed by atoms with Crippen LogP contribution in [0.4, 0.5) is 5.82 Å². The summed E-state index contributed by atoms with van der Waals surface area (Å²) in [5, 5.41) is 15.7. The molecular weight excluding hydrogens is 479 g/mol. The van der Waals surface area contributed by atoms with Gasteiger partial charge in [0, 0.05) is 27.9 Å². The van der Waals surface area contributed by atoms with Gasteiger partial charge in [-0.05, 0) is 36.1 Å². The number of aryl methyl sites for hydroxylation is 1. The number of fused-ring (bicyclic) bond motifs is 1. The summed E-state index contributed by atoms with van der Waals surface area (Å²) in [5.74, 6) is -0.0123. The first-order valence-corrected chi connectivity index (χ1v) is 11.8. The Morgan fingerprint density at radius 1 is 1.09 bits per heavy atom. The molecule has 1 aromatic carbocycles. The molecule has 4 aromatic heterocycles. The molecule has 166 valence electrons. The number of nitrogens with one attached hydrogen (secondary N) is 1. The predicted molar refractivity (Wildman–Crippen MR) is 132 cm³/mol. The number of aromatic nitrogens is 5. The zero-order chi connectivity index (χ0) is 22.9. The fraction of sp³-hybridized carbons (Fsp3) is 0.130. The van der Waals surface area contributed by atoms with Crippen LogP contribution in [0.15, 0.2) is 60.2 Å². The molecule has 10 heteroatoms. The molecular formula is C23H18Cl2N6OS. The second kappa shape index (κ2) is 8.97. The average Bonchev–Trinajstić information content (AvgIpc) is 3.51. The van der Waals surface area contributed by atoms with Gasteiger partial charge in [-0.2, -0.15) is 10.2 Å². The van der Waals surface area contributed by atoms with Gasteiger partial charge in [-0.25, -0.2) is 9.67 Å². The summed E-state index contributed by atoms with van der Waals surface area (Å²) in [7, 11) is 0. The second-order valence-corrected chi connectivity index (χ2v) is 9.20. The lowest BCUT2D eigenvalue weighted by Gasteiger charge is -2.05. The van der Waals surface area contributed by atoms with Crippen molar-refractivity contribution in [2.24, 2.45) is 0 Å². The van der Waals surface area contributed by atoms with E-state index in [-0.39, 0.29) is 18.3 Å². The summed E-state index contributed by atoms with van der Waals surface area (Å²) in [6.07, 6.45) is 3.39. The van der Waals surface area contributed by atoms with Crippen LogP contribution in [0, 0.1) is 6.92 Å². The van der Waals surface area contributed by atoms with Gasteiger partial charge in [-0.1, -0.05) is 47.5 Å². The second-order valence-electron chi connectivity index (χ2n) is 7.44. The van der Waals surface area contributed by atoms with Crippen molar-refractivity contribution in [3.63, 3.8) is 0 Å². The summed E-state index contributed by atoms with van der Waals surface area (Å²) in [4.78, 5) is 18.4. The first-order chi connectivity index (χ1) is 16.0. The van der Waals surface area contributed by atoms with E-state index >= 15 is 0 Å². The number of amides is 1. The van der Waals surface area contributed by atoms with Gasteiger partial charge < -0.3 is 5.32 Å². The van der Waals surface area contributed by atoms with Gasteiger partial charge >= 0.3 is 0 Å². The molecule has 0 radical (unpaired) electrons. The number of carbonyl (C=O) groups is 1. The van der Waals surface area contributed by atoms with E-state index < -0.39 is 0 Å². The third kappa shape index (κ3) is 4.37. The summed E-state index contributed by atoms with van der Waals surface area (Å²) in [5.41, 5.74) is 3.43. The van der Waals surface area contributed by atoms with Gasteiger partial charge in [0.25, 0.3) is 0 Å². The number of halogens is 2. The fourth-order valence-corrected chi connectivity index (χ4v) is 4.85. The van der Waals surface area contributed by atoms with Gasteiger partial charge in [0.1, 0.15) is 11.6 Å². The molecule has 0 aliphatic carbocycles. The summed E-state index contributed by atoms with van der Waals surface area (Å²) in [6.45, 7) is 2.34. The minimum absolute atomic E-state index is 0.0149. The van der Waals surface area contributed by atoms with E-state index in [1.54, 1.807) is 33.1 Å². The zero-order valence-corrected chi connectivity index (χ0v) is 19.8. The van der Waals surface area contributed by atoms with Crippen molar-refractivity contribution in [1.29, 1.82) is 0 Å². The van der Waals surface area contributed by atoms with Crippen LogP contribution in [0.25, 0.3) is 21.5 Å². The molecule has 0 atom stereocenters. The highest BCUT2D eigenvalue weighted by molar-refractivity contribution is 7.13. The number of nitrogens with zero attached hydrogens (tertiary/aromatic N) is 5. The van der Waals surface area contributed by atoms with Crippen LogP contribution in [0.1, 0.15) is 11.3 Å². The molecule has 0 spiro atoms. The van der Waals surface area contributed by atoms with Crippen LogP contribution in [-0.4, -0.2) is 30.5 Å². The first kappa shape index (κ1) is 21.6. The topological polar surface area (TPSA) is 77.6 Å². The smallest absolute Gasteiger partial charge is 0.247 e. The van der Waals surface area contributed by atoms with Crippen LogP contribution < -0.4 is 5.32 Å². The molecule has 0 bridgehead atoms. The Morgan fingerprint density at radius 3 is 2.73 bits per heavy atom. The van der Waals surface area contributed by atoms with Gasteiger partial charge in [0.2, 0.25) is 5.91 Å². The van der Waals surface area contributed by atoms with E-state index in [2.05, 4.69) is 26.6 Å². The lowest BCUT2D eigenvalue weighted by molar-refractivity contribution is -0.116. The lowest BCUT2D eigenvalue weighted by atomic mass is 10.1. The van der Waals surface area contributed by atoms with E-state index in [1.807, 2.05) is 48.7 Å². The Balaban J connectivity index is 1.35. The molecule has 0 saturated heterocycles. The maximum Gasteiger partial charge on any atom is 0.247 e. The molecule has 0 aliphatic rings. The van der Waals surface area contributed by atoms with Gasteiger partial charge in [0.15, 0.2) is 11.5 Å². The molecule has 0 saturated carbocycles. The standard InChI is InChI=1S/C23H18Cl2N6OS/c1-14-21-16(19-7-4-10-33-19)8-9-26-23(21)31(28-14)13-20(32)27-22-18(25)12-30(29-22)11-15-5-2-3-6-17(15)24/h2-10,12H,11,13H2,1H3,(H,27,29,32). The molecule has 7 nitrogen and oxygen atoms in total. The summed E-state index contributed by atoms with van der Waals surface area (Å²) < 4.78 is 3.24. The molecule has 0 unspecified atom stereocenters. The van der Waals surface area contributed by atoms with Gasteiger partial charge in [0.05, 0.1) is 17.6 Å². The molecule has 1 amide bonds. The maximum atomic E-state index is 12.8. The molecule has 0 fully saturated rings. The number of pyridine rings is 1. The molecule has 5 aromatic rings. The number of benzene rings is 1. The Labute approximate surface area is 203 Å². The highest BCUT2D eigenvalue weighted by Crippen LogP contribution is 2.32. The number of carbonyl (C=O) groups excluding carboxylic acids is 1. The van der Waals surface area contributed by atoms with Crippen LogP contribution >= 0.6 is 34.5 Å². The average molecular weight is 497 g/mol. The number of rotatable bonds is 6. The molecule has 4 heterocycles. The van der Waals surface area contributed by atoms with Crippen LogP contribution in [0.3, 0.4) is 0 Å². The number of hydrogen-bond acceptors (Lipinski definition) is 5. The Morgan fingerprint density at radius 2 is 1.94 bits per heavy atom. The SMILES string of the molecule is Cc1nn(CC(=O)Nc2nn(Cc3ccccc3Cl)cc2Cl)c2nccc(-c3cccs3)c12. The van der Waals surface area contributed by atoms with E-state index in [9.17, 15) is 4.79 Å². The van der Waals surface area contributed by atoms with E-state index in [4.69, 9.17) is 23.2 Å². The van der Waals surface area contributed by atoms with Crippen molar-refractivity contribution in [3.05, 3.63) is 81.5 Å². The number of anilines is 1. The fourth-order valence-electron chi connectivity index (χ4n) is 3.70. The normalized spacial score (nSPS) is 11.2. The predicted octanol–water partition coefficient (Wildman–Crippen LogP) is 5.66. The molecule has 5 rings (SSSR count).